The molecule has 0 saturated carbocycles. The third kappa shape index (κ3) is 2.58. The molecule has 1 aromatic carbocycles. The number of amides is 1. The molecule has 6 heteroatoms. The maximum absolute atomic E-state index is 11.8. The molecule has 0 saturated heterocycles. The number of anilines is 1. The topological polar surface area (TPSA) is 46.6 Å². The summed E-state index contributed by atoms with van der Waals surface area (Å²) in [7, 11) is 0. The molecule has 0 aromatic heterocycles. The van der Waals surface area contributed by atoms with Crippen molar-refractivity contribution in [2.45, 2.75) is 0 Å². The second kappa shape index (κ2) is 5.82. The molecule has 0 unspecified atom stereocenters. The van der Waals surface area contributed by atoms with Gasteiger partial charge in [-0.3, -0.25) is 9.59 Å². The van der Waals surface area contributed by atoms with E-state index in [1.807, 2.05) is 0 Å². The van der Waals surface area contributed by atoms with Gasteiger partial charge in [-0.1, -0.05) is 15.9 Å². The third-order valence-corrected chi connectivity index (χ3v) is 3.26. The molecule has 1 aliphatic heterocycles. The van der Waals surface area contributed by atoms with Crippen LogP contribution in [0, 0.1) is 0 Å². The van der Waals surface area contributed by atoms with E-state index in [9.17, 15) is 9.59 Å². The number of rotatable bonds is 5. The van der Waals surface area contributed by atoms with Crippen molar-refractivity contribution in [2.75, 3.05) is 30.5 Å². The third-order valence-electron chi connectivity index (χ3n) is 2.62. The van der Waals surface area contributed by atoms with Crippen molar-refractivity contribution in [3.05, 3.63) is 28.2 Å². The van der Waals surface area contributed by atoms with E-state index in [1.54, 1.807) is 18.2 Å². The largest absolute Gasteiger partial charge is 0.378 e. The van der Waals surface area contributed by atoms with Gasteiger partial charge in [0.25, 0.3) is 11.7 Å². The van der Waals surface area contributed by atoms with Gasteiger partial charge in [0.15, 0.2) is 0 Å². The number of fused-ring (bicyclic) bond motifs is 1. The number of alkyl halides is 1. The number of ketones is 1. The van der Waals surface area contributed by atoms with E-state index in [0.717, 1.165) is 4.47 Å². The smallest absolute Gasteiger partial charge is 0.299 e. The number of Topliss-reactive ketones (excluding diaryl/α,β-unsaturated/α-hetero) is 1. The van der Waals surface area contributed by atoms with Crippen LogP contribution in [0.15, 0.2) is 22.7 Å². The van der Waals surface area contributed by atoms with Gasteiger partial charge in [0.1, 0.15) is 0 Å². The van der Waals surface area contributed by atoms with Gasteiger partial charge in [-0.15, -0.1) is 11.6 Å². The maximum Gasteiger partial charge on any atom is 0.299 e. The molecule has 0 fully saturated rings. The standard InChI is InChI=1S/C12H11BrClNO3/c13-8-1-2-9-10(7-8)15(12(17)11(9)16)4-6-18-5-3-14/h1-2,7H,3-6H2. The number of carbonyl (C=O) groups is 2. The van der Waals surface area contributed by atoms with Crippen LogP contribution >= 0.6 is 27.5 Å². The Hall–Kier alpha value is -0.910. The van der Waals surface area contributed by atoms with Gasteiger partial charge in [0.2, 0.25) is 0 Å². The molecule has 1 amide bonds. The summed E-state index contributed by atoms with van der Waals surface area (Å²) < 4.78 is 6.05. The van der Waals surface area contributed by atoms with Gasteiger partial charge < -0.3 is 9.64 Å². The lowest BCUT2D eigenvalue weighted by Crippen LogP contribution is -2.33. The van der Waals surface area contributed by atoms with Gasteiger partial charge in [0.05, 0.1) is 24.5 Å². The first-order chi connectivity index (χ1) is 8.65. The number of nitrogens with zero attached hydrogens (tertiary/aromatic N) is 1. The fourth-order valence-corrected chi connectivity index (χ4v) is 2.26. The maximum atomic E-state index is 11.8. The van der Waals surface area contributed by atoms with Gasteiger partial charge in [-0.25, -0.2) is 0 Å². The van der Waals surface area contributed by atoms with E-state index in [4.69, 9.17) is 16.3 Å². The zero-order chi connectivity index (χ0) is 13.1. The van der Waals surface area contributed by atoms with Crippen molar-refractivity contribution in [3.63, 3.8) is 0 Å². The van der Waals surface area contributed by atoms with E-state index in [1.165, 1.54) is 4.90 Å². The first-order valence-corrected chi connectivity index (χ1v) is 6.77. The monoisotopic (exact) mass is 331 g/mol. The molecule has 0 bridgehead atoms. The molecule has 0 spiro atoms. The number of hydrogen-bond donors (Lipinski definition) is 0. The Bertz CT molecular complexity index is 492. The van der Waals surface area contributed by atoms with Crippen molar-refractivity contribution in [1.82, 2.24) is 0 Å². The second-order valence-corrected chi connectivity index (χ2v) is 5.04. The minimum absolute atomic E-state index is 0.352. The van der Waals surface area contributed by atoms with Crippen molar-refractivity contribution < 1.29 is 14.3 Å². The van der Waals surface area contributed by atoms with Gasteiger partial charge in [-0.2, -0.15) is 0 Å². The second-order valence-electron chi connectivity index (χ2n) is 3.75. The van der Waals surface area contributed by atoms with Crippen LogP contribution in [-0.2, 0) is 9.53 Å². The summed E-state index contributed by atoms with van der Waals surface area (Å²) in [4.78, 5) is 25.0. The molecule has 2 rings (SSSR count). The van der Waals surface area contributed by atoms with Crippen LogP contribution in [0.25, 0.3) is 0 Å². The van der Waals surface area contributed by atoms with Crippen LogP contribution in [0.5, 0.6) is 0 Å². The number of benzene rings is 1. The first kappa shape index (κ1) is 13.5. The summed E-state index contributed by atoms with van der Waals surface area (Å²) in [5.41, 5.74) is 1.08. The predicted molar refractivity (Wildman–Crippen MR) is 72.4 cm³/mol. The molecule has 0 N–H and O–H groups in total. The Morgan fingerprint density at radius 1 is 1.28 bits per heavy atom. The van der Waals surface area contributed by atoms with Gasteiger partial charge in [0, 0.05) is 16.9 Å². The minimum Gasteiger partial charge on any atom is -0.378 e. The van der Waals surface area contributed by atoms with Crippen LogP contribution < -0.4 is 4.90 Å². The van der Waals surface area contributed by atoms with Crippen LogP contribution in [-0.4, -0.2) is 37.3 Å². The van der Waals surface area contributed by atoms with E-state index in [0.29, 0.717) is 36.9 Å². The quantitative estimate of drug-likeness (QED) is 0.472. The molecule has 0 aliphatic carbocycles. The Morgan fingerprint density at radius 2 is 2.06 bits per heavy atom. The molecule has 1 aliphatic rings. The zero-order valence-electron chi connectivity index (χ0n) is 9.49. The predicted octanol–water partition coefficient (Wildman–Crippen LogP) is 2.23. The van der Waals surface area contributed by atoms with E-state index >= 15 is 0 Å². The Balaban J connectivity index is 2.14. The van der Waals surface area contributed by atoms with Crippen molar-refractivity contribution in [1.29, 1.82) is 0 Å². The van der Waals surface area contributed by atoms with Gasteiger partial charge >= 0.3 is 0 Å². The fourth-order valence-electron chi connectivity index (χ4n) is 1.80. The molecule has 1 heterocycles. The Kier molecular flexibility index (Phi) is 4.37. The molecule has 96 valence electrons. The Morgan fingerprint density at radius 3 is 2.78 bits per heavy atom. The summed E-state index contributed by atoms with van der Waals surface area (Å²) in [5.74, 6) is -0.554. The summed E-state index contributed by atoms with van der Waals surface area (Å²) in [6, 6.07) is 5.16. The summed E-state index contributed by atoms with van der Waals surface area (Å²) in [6.07, 6.45) is 0. The number of ether oxygens (including phenoxy) is 1. The average Bonchev–Trinajstić information content (AvgIpc) is 2.59. The molecule has 4 nitrogen and oxygen atoms in total. The molecule has 18 heavy (non-hydrogen) atoms. The summed E-state index contributed by atoms with van der Waals surface area (Å²) >= 11 is 8.81. The highest BCUT2D eigenvalue weighted by molar-refractivity contribution is 9.10. The summed E-state index contributed by atoms with van der Waals surface area (Å²) in [5, 5.41) is 0. The van der Waals surface area contributed by atoms with Crippen LogP contribution in [0.2, 0.25) is 0 Å². The number of halogens is 2. The molecule has 1 aromatic rings. The van der Waals surface area contributed by atoms with E-state index in [-0.39, 0.29) is 0 Å². The van der Waals surface area contributed by atoms with E-state index in [2.05, 4.69) is 15.9 Å². The molecular weight excluding hydrogens is 321 g/mol. The SMILES string of the molecule is O=C1C(=O)N(CCOCCCl)c2cc(Br)ccc21. The molecule has 0 radical (unpaired) electrons. The Labute approximate surface area is 118 Å². The normalized spacial score (nSPS) is 14.2. The fraction of sp³-hybridized carbons (Fsp3) is 0.333. The van der Waals surface area contributed by atoms with Crippen LogP contribution in [0.3, 0.4) is 0 Å². The number of hydrogen-bond acceptors (Lipinski definition) is 3. The zero-order valence-corrected chi connectivity index (χ0v) is 11.8. The van der Waals surface area contributed by atoms with Gasteiger partial charge in [-0.05, 0) is 18.2 Å². The molecule has 0 atom stereocenters. The minimum atomic E-state index is -0.502. The van der Waals surface area contributed by atoms with Crippen LogP contribution in [0.1, 0.15) is 10.4 Å². The van der Waals surface area contributed by atoms with Crippen molar-refractivity contribution in [2.24, 2.45) is 0 Å². The highest BCUT2D eigenvalue weighted by atomic mass is 79.9. The highest BCUT2D eigenvalue weighted by Gasteiger charge is 2.35. The first-order valence-electron chi connectivity index (χ1n) is 5.44. The lowest BCUT2D eigenvalue weighted by atomic mass is 10.1. The van der Waals surface area contributed by atoms with E-state index < -0.39 is 11.7 Å². The highest BCUT2D eigenvalue weighted by Crippen LogP contribution is 2.31. The van der Waals surface area contributed by atoms with Crippen molar-refractivity contribution in [3.8, 4) is 0 Å². The van der Waals surface area contributed by atoms with Crippen molar-refractivity contribution >= 4 is 44.9 Å². The lowest BCUT2D eigenvalue weighted by Gasteiger charge is -2.16. The summed E-state index contributed by atoms with van der Waals surface area (Å²) in [6.45, 7) is 1.14. The van der Waals surface area contributed by atoms with Crippen LogP contribution in [0.4, 0.5) is 5.69 Å². The average molecular weight is 333 g/mol. The molecular formula is C12H11BrClNO3. The lowest BCUT2D eigenvalue weighted by molar-refractivity contribution is -0.114. The number of carbonyl (C=O) groups excluding carboxylic acids is 2.